The third kappa shape index (κ3) is 5.74. The van der Waals surface area contributed by atoms with Crippen LogP contribution in [0.2, 0.25) is 0 Å². The fraction of sp³-hybridized carbons (Fsp3) is 0.0938. The van der Waals surface area contributed by atoms with E-state index < -0.39 is 0 Å². The van der Waals surface area contributed by atoms with Gasteiger partial charge >= 0.3 is 0 Å². The maximum absolute atomic E-state index is 2.51. The van der Waals surface area contributed by atoms with Crippen LogP contribution in [0.25, 0.3) is 100 Å². The summed E-state index contributed by atoms with van der Waals surface area (Å²) in [4.78, 5) is 0. The van der Waals surface area contributed by atoms with Crippen LogP contribution in [0, 0.1) is 0 Å². The topological polar surface area (TPSA) is 9.86 Å². The molecule has 0 amide bonds. The van der Waals surface area contributed by atoms with Gasteiger partial charge < -0.3 is 9.13 Å². The van der Waals surface area contributed by atoms with Crippen LogP contribution in [0.3, 0.4) is 0 Å². The van der Waals surface area contributed by atoms with Gasteiger partial charge in [-0.05, 0) is 126 Å². The summed E-state index contributed by atoms with van der Waals surface area (Å²) in [6.07, 6.45) is 0. The quantitative estimate of drug-likeness (QED) is 0.158. The van der Waals surface area contributed by atoms with Gasteiger partial charge in [-0.3, -0.25) is 0 Å². The fourth-order valence-electron chi connectivity index (χ4n) is 11.5. The zero-order chi connectivity index (χ0) is 44.3. The Balaban J connectivity index is 1.04. The van der Waals surface area contributed by atoms with Crippen molar-refractivity contribution in [3.8, 4) is 78.4 Å². The lowest BCUT2D eigenvalue weighted by Crippen LogP contribution is -2.15. The zero-order valence-corrected chi connectivity index (χ0v) is 37.7. The van der Waals surface area contributed by atoms with Crippen LogP contribution in [-0.2, 0) is 10.8 Å². The van der Waals surface area contributed by atoms with E-state index in [1.165, 1.54) is 122 Å². The van der Waals surface area contributed by atoms with Crippen molar-refractivity contribution in [1.82, 2.24) is 9.13 Å². The monoisotopic (exact) mass is 844 g/mol. The predicted molar refractivity (Wildman–Crippen MR) is 277 cm³/mol. The first-order chi connectivity index (χ1) is 32.2. The SMILES string of the molecule is CC1(C)c2ccccc2-c2ccc(-n3c(-c4ccc(-c5ccccc5)cc4)cc4cc5c(cc(-c6ccc(-c7ccccc7)cc6)n5-c5ccc6c(c5)C(C)(C)c5ccccc5-6)cc43)cc21. The second-order valence-electron chi connectivity index (χ2n) is 19.4. The molecule has 2 heteroatoms. The van der Waals surface area contributed by atoms with Gasteiger partial charge in [0.05, 0.1) is 22.4 Å². The Bertz CT molecular complexity index is 3460. The average molecular weight is 845 g/mol. The zero-order valence-electron chi connectivity index (χ0n) is 37.7. The van der Waals surface area contributed by atoms with Crippen molar-refractivity contribution in [3.05, 3.63) is 241 Å². The van der Waals surface area contributed by atoms with Crippen molar-refractivity contribution < 1.29 is 0 Å². The van der Waals surface area contributed by atoms with Crippen molar-refractivity contribution in [2.75, 3.05) is 0 Å². The highest BCUT2D eigenvalue weighted by Gasteiger charge is 2.37. The summed E-state index contributed by atoms with van der Waals surface area (Å²) in [5, 5.41) is 2.40. The Morgan fingerprint density at radius 1 is 0.273 bits per heavy atom. The molecule has 13 rings (SSSR count). The molecule has 9 aromatic carbocycles. The summed E-state index contributed by atoms with van der Waals surface area (Å²) in [7, 11) is 0. The van der Waals surface area contributed by atoms with E-state index in [9.17, 15) is 0 Å². The largest absolute Gasteiger partial charge is 0.309 e. The van der Waals surface area contributed by atoms with E-state index in [2.05, 4.69) is 255 Å². The predicted octanol–water partition coefficient (Wildman–Crippen LogP) is 16.9. The summed E-state index contributed by atoms with van der Waals surface area (Å²) < 4.78 is 5.01. The Kier molecular flexibility index (Phi) is 8.33. The van der Waals surface area contributed by atoms with Crippen molar-refractivity contribution in [3.63, 3.8) is 0 Å². The summed E-state index contributed by atoms with van der Waals surface area (Å²) >= 11 is 0. The summed E-state index contributed by atoms with van der Waals surface area (Å²) in [5.74, 6) is 0. The Hall–Kier alpha value is -7.94. The van der Waals surface area contributed by atoms with E-state index in [1.54, 1.807) is 0 Å². The molecule has 2 nitrogen and oxygen atoms in total. The first-order valence-electron chi connectivity index (χ1n) is 23.2. The van der Waals surface area contributed by atoms with Gasteiger partial charge in [0.15, 0.2) is 0 Å². The first kappa shape index (κ1) is 38.5. The van der Waals surface area contributed by atoms with Crippen molar-refractivity contribution in [2.45, 2.75) is 38.5 Å². The molecule has 2 heterocycles. The highest BCUT2D eigenvalue weighted by Crippen LogP contribution is 2.51. The van der Waals surface area contributed by atoms with Gasteiger partial charge in [0.25, 0.3) is 0 Å². The van der Waals surface area contributed by atoms with Crippen LogP contribution in [0.15, 0.2) is 218 Å². The minimum absolute atomic E-state index is 0.121. The maximum atomic E-state index is 2.51. The Morgan fingerprint density at radius 2 is 0.606 bits per heavy atom. The maximum Gasteiger partial charge on any atom is 0.0542 e. The fourth-order valence-corrected chi connectivity index (χ4v) is 11.5. The second kappa shape index (κ2) is 14.3. The number of hydrogen-bond acceptors (Lipinski definition) is 0. The van der Waals surface area contributed by atoms with Crippen molar-refractivity contribution in [1.29, 1.82) is 0 Å². The average Bonchev–Trinajstić information content (AvgIpc) is 4.06. The molecule has 0 saturated heterocycles. The van der Waals surface area contributed by atoms with E-state index in [1.807, 2.05) is 0 Å². The molecular formula is C64H48N2. The summed E-state index contributed by atoms with van der Waals surface area (Å²) in [5.41, 5.74) is 24.9. The molecule has 0 atom stereocenters. The van der Waals surface area contributed by atoms with Gasteiger partial charge in [0, 0.05) is 33.0 Å². The normalized spacial score (nSPS) is 14.0. The highest BCUT2D eigenvalue weighted by molar-refractivity contribution is 6.03. The lowest BCUT2D eigenvalue weighted by Gasteiger charge is -2.23. The lowest BCUT2D eigenvalue weighted by atomic mass is 9.82. The lowest BCUT2D eigenvalue weighted by molar-refractivity contribution is 0.659. The molecule has 66 heavy (non-hydrogen) atoms. The van der Waals surface area contributed by atoms with E-state index in [0.717, 1.165) is 0 Å². The smallest absolute Gasteiger partial charge is 0.0542 e. The Morgan fingerprint density at radius 3 is 1.02 bits per heavy atom. The van der Waals surface area contributed by atoms with Crippen LogP contribution in [-0.4, -0.2) is 9.13 Å². The number of aromatic nitrogens is 2. The minimum atomic E-state index is -0.121. The van der Waals surface area contributed by atoms with Crippen LogP contribution < -0.4 is 0 Å². The Labute approximate surface area is 386 Å². The molecule has 0 spiro atoms. The number of hydrogen-bond donors (Lipinski definition) is 0. The molecule has 0 unspecified atom stereocenters. The van der Waals surface area contributed by atoms with Crippen LogP contribution >= 0.6 is 0 Å². The van der Waals surface area contributed by atoms with Crippen molar-refractivity contribution >= 4 is 21.8 Å². The van der Waals surface area contributed by atoms with E-state index in [-0.39, 0.29) is 10.8 Å². The molecule has 314 valence electrons. The van der Waals surface area contributed by atoms with Gasteiger partial charge in [0.2, 0.25) is 0 Å². The highest BCUT2D eigenvalue weighted by atomic mass is 15.0. The molecule has 2 aliphatic carbocycles. The van der Waals surface area contributed by atoms with E-state index >= 15 is 0 Å². The van der Waals surface area contributed by atoms with Gasteiger partial charge in [0.1, 0.15) is 0 Å². The standard InChI is InChI=1S/C64H48N2/c1-63(2)55-21-13-11-19-51(55)53-33-31-49(39-57(53)63)65-59(45-27-23-43(24-28-45)41-15-7-5-8-16-41)35-47-38-62-48(37-61(47)65)36-60(46-29-25-44(26-30-46)42-17-9-6-10-18-42)66(62)50-32-34-54-52-20-12-14-22-56(52)64(3,4)58(54)40-50/h5-40H,1-4H3. The van der Waals surface area contributed by atoms with Gasteiger partial charge in [-0.1, -0.05) is 198 Å². The summed E-state index contributed by atoms with van der Waals surface area (Å²) in [6, 6.07) is 81.4. The van der Waals surface area contributed by atoms with Crippen LogP contribution in [0.4, 0.5) is 0 Å². The minimum Gasteiger partial charge on any atom is -0.309 e. The second-order valence-corrected chi connectivity index (χ2v) is 19.4. The van der Waals surface area contributed by atoms with E-state index in [0.29, 0.717) is 0 Å². The van der Waals surface area contributed by atoms with Gasteiger partial charge in [-0.2, -0.15) is 0 Å². The third-order valence-corrected chi connectivity index (χ3v) is 15.0. The first-order valence-corrected chi connectivity index (χ1v) is 23.2. The number of fused-ring (bicyclic) bond motifs is 8. The molecule has 0 fully saturated rings. The number of nitrogens with zero attached hydrogens (tertiary/aromatic N) is 2. The number of rotatable bonds is 6. The molecule has 0 N–H and O–H groups in total. The molecule has 0 aliphatic heterocycles. The van der Waals surface area contributed by atoms with Crippen molar-refractivity contribution in [2.24, 2.45) is 0 Å². The summed E-state index contributed by atoms with van der Waals surface area (Å²) in [6.45, 7) is 9.49. The molecular weight excluding hydrogens is 797 g/mol. The van der Waals surface area contributed by atoms with Crippen LogP contribution in [0.5, 0.6) is 0 Å². The van der Waals surface area contributed by atoms with Gasteiger partial charge in [-0.15, -0.1) is 0 Å². The number of benzene rings is 9. The molecule has 0 bridgehead atoms. The molecule has 2 aliphatic rings. The molecule has 0 saturated carbocycles. The molecule has 2 aromatic heterocycles. The third-order valence-electron chi connectivity index (χ3n) is 15.0. The van der Waals surface area contributed by atoms with Gasteiger partial charge in [-0.25, -0.2) is 0 Å². The molecule has 11 aromatic rings. The van der Waals surface area contributed by atoms with E-state index in [4.69, 9.17) is 0 Å². The van der Waals surface area contributed by atoms with Crippen LogP contribution in [0.1, 0.15) is 49.9 Å². The molecule has 0 radical (unpaired) electrons.